The zero-order valence-electron chi connectivity index (χ0n) is 8.43. The number of nitrogens with zero attached hydrogens (tertiary/aromatic N) is 2. The van der Waals surface area contributed by atoms with Crippen molar-refractivity contribution in [2.45, 2.75) is 20.4 Å². The maximum absolute atomic E-state index is 11.4. The van der Waals surface area contributed by atoms with Crippen LogP contribution in [0.25, 0.3) is 0 Å². The molecule has 0 bridgehead atoms. The molecule has 0 amide bonds. The standard InChI is InChI=1S/C10H14N2O2/c1-3-12-8-9(7-11-12)10(13)5-6-14-4-2/h5-8H,3-4H2,1-2H3/b6-5+. The molecule has 0 fully saturated rings. The summed E-state index contributed by atoms with van der Waals surface area (Å²) in [5, 5.41) is 4.01. The van der Waals surface area contributed by atoms with E-state index in [1.54, 1.807) is 17.1 Å². The van der Waals surface area contributed by atoms with Crippen molar-refractivity contribution in [2.24, 2.45) is 0 Å². The van der Waals surface area contributed by atoms with Gasteiger partial charge in [0.1, 0.15) is 0 Å². The fourth-order valence-electron chi connectivity index (χ4n) is 0.966. The van der Waals surface area contributed by atoms with Crippen molar-refractivity contribution >= 4 is 5.78 Å². The van der Waals surface area contributed by atoms with Crippen molar-refractivity contribution in [2.75, 3.05) is 6.61 Å². The van der Waals surface area contributed by atoms with Crippen LogP contribution in [0.2, 0.25) is 0 Å². The number of ketones is 1. The Morgan fingerprint density at radius 2 is 2.43 bits per heavy atom. The zero-order chi connectivity index (χ0) is 10.4. The Labute approximate surface area is 83.2 Å². The summed E-state index contributed by atoms with van der Waals surface area (Å²) in [5.74, 6) is -0.0850. The second-order valence-electron chi connectivity index (χ2n) is 2.71. The molecule has 0 aromatic carbocycles. The number of rotatable bonds is 5. The minimum absolute atomic E-state index is 0.0850. The highest BCUT2D eigenvalue weighted by Gasteiger charge is 2.03. The number of aryl methyl sites for hydroxylation is 1. The van der Waals surface area contributed by atoms with Gasteiger partial charge in [0.05, 0.1) is 24.6 Å². The molecular weight excluding hydrogens is 180 g/mol. The highest BCUT2D eigenvalue weighted by molar-refractivity contribution is 6.03. The van der Waals surface area contributed by atoms with Crippen LogP contribution in [0, 0.1) is 0 Å². The monoisotopic (exact) mass is 194 g/mol. The Bertz CT molecular complexity index is 329. The van der Waals surface area contributed by atoms with Crippen LogP contribution in [0.5, 0.6) is 0 Å². The Morgan fingerprint density at radius 3 is 3.00 bits per heavy atom. The molecule has 0 saturated heterocycles. The second-order valence-corrected chi connectivity index (χ2v) is 2.71. The minimum Gasteiger partial charge on any atom is -0.501 e. The Kier molecular flexibility index (Phi) is 3.91. The molecule has 0 atom stereocenters. The molecule has 76 valence electrons. The van der Waals surface area contributed by atoms with E-state index >= 15 is 0 Å². The molecule has 0 spiro atoms. The summed E-state index contributed by atoms with van der Waals surface area (Å²) >= 11 is 0. The average Bonchev–Trinajstić information content (AvgIpc) is 2.66. The van der Waals surface area contributed by atoms with Crippen molar-refractivity contribution in [3.63, 3.8) is 0 Å². The molecule has 1 rings (SSSR count). The van der Waals surface area contributed by atoms with Gasteiger partial charge in [0, 0.05) is 18.8 Å². The van der Waals surface area contributed by atoms with Crippen LogP contribution in [0.15, 0.2) is 24.7 Å². The van der Waals surface area contributed by atoms with Gasteiger partial charge in [-0.2, -0.15) is 5.10 Å². The SMILES string of the molecule is CCO/C=C/C(=O)c1cnn(CC)c1. The lowest BCUT2D eigenvalue weighted by atomic mass is 10.2. The van der Waals surface area contributed by atoms with Crippen LogP contribution in [0.3, 0.4) is 0 Å². The Balaban J connectivity index is 2.60. The smallest absolute Gasteiger partial charge is 0.192 e. The van der Waals surface area contributed by atoms with Gasteiger partial charge in [-0.05, 0) is 13.8 Å². The van der Waals surface area contributed by atoms with Gasteiger partial charge in [0.15, 0.2) is 5.78 Å². The van der Waals surface area contributed by atoms with E-state index in [0.29, 0.717) is 12.2 Å². The van der Waals surface area contributed by atoms with Crippen LogP contribution < -0.4 is 0 Å². The molecule has 0 unspecified atom stereocenters. The van der Waals surface area contributed by atoms with Gasteiger partial charge in [-0.25, -0.2) is 0 Å². The predicted molar refractivity (Wildman–Crippen MR) is 53.0 cm³/mol. The summed E-state index contributed by atoms with van der Waals surface area (Å²) in [6.07, 6.45) is 6.09. The van der Waals surface area contributed by atoms with Crippen LogP contribution in [-0.2, 0) is 11.3 Å². The molecule has 1 aromatic rings. The third kappa shape index (κ3) is 2.73. The number of carbonyl (C=O) groups is 1. The summed E-state index contributed by atoms with van der Waals surface area (Å²) < 4.78 is 6.64. The van der Waals surface area contributed by atoms with E-state index in [9.17, 15) is 4.79 Å². The quantitative estimate of drug-likeness (QED) is 0.406. The lowest BCUT2D eigenvalue weighted by Crippen LogP contribution is -1.94. The van der Waals surface area contributed by atoms with E-state index in [0.717, 1.165) is 6.54 Å². The molecule has 0 aliphatic heterocycles. The molecule has 0 N–H and O–H groups in total. The van der Waals surface area contributed by atoms with Crippen LogP contribution in [0.1, 0.15) is 24.2 Å². The van der Waals surface area contributed by atoms with Crippen molar-refractivity contribution in [3.8, 4) is 0 Å². The number of hydrogen-bond donors (Lipinski definition) is 0. The lowest BCUT2D eigenvalue weighted by molar-refractivity contribution is 0.104. The van der Waals surface area contributed by atoms with E-state index in [1.807, 2.05) is 13.8 Å². The molecule has 14 heavy (non-hydrogen) atoms. The molecule has 4 nitrogen and oxygen atoms in total. The molecule has 0 aliphatic rings. The summed E-state index contributed by atoms with van der Waals surface area (Å²) in [5.41, 5.74) is 0.586. The van der Waals surface area contributed by atoms with E-state index in [4.69, 9.17) is 4.74 Å². The van der Waals surface area contributed by atoms with E-state index in [-0.39, 0.29) is 5.78 Å². The average molecular weight is 194 g/mol. The molecule has 1 heterocycles. The first-order valence-electron chi connectivity index (χ1n) is 4.62. The van der Waals surface area contributed by atoms with Gasteiger partial charge >= 0.3 is 0 Å². The summed E-state index contributed by atoms with van der Waals surface area (Å²) in [7, 11) is 0. The predicted octanol–water partition coefficient (Wildman–Crippen LogP) is 1.64. The van der Waals surface area contributed by atoms with Gasteiger partial charge in [0.2, 0.25) is 0 Å². The fourth-order valence-corrected chi connectivity index (χ4v) is 0.966. The normalized spacial score (nSPS) is 10.7. The molecule has 4 heteroatoms. The van der Waals surface area contributed by atoms with Gasteiger partial charge in [0.25, 0.3) is 0 Å². The number of carbonyl (C=O) groups excluding carboxylic acids is 1. The first kappa shape index (κ1) is 10.5. The zero-order valence-corrected chi connectivity index (χ0v) is 8.43. The number of allylic oxidation sites excluding steroid dienone is 1. The van der Waals surface area contributed by atoms with E-state index < -0.39 is 0 Å². The van der Waals surface area contributed by atoms with Crippen molar-refractivity contribution < 1.29 is 9.53 Å². The van der Waals surface area contributed by atoms with Gasteiger partial charge in [-0.3, -0.25) is 9.48 Å². The first-order chi connectivity index (χ1) is 6.77. The third-order valence-electron chi connectivity index (χ3n) is 1.72. The Hall–Kier alpha value is -1.58. The second kappa shape index (κ2) is 5.21. The van der Waals surface area contributed by atoms with Crippen LogP contribution in [-0.4, -0.2) is 22.2 Å². The molecule has 0 saturated carbocycles. The molecule has 0 aliphatic carbocycles. The maximum Gasteiger partial charge on any atom is 0.192 e. The highest BCUT2D eigenvalue weighted by Crippen LogP contribution is 2.00. The van der Waals surface area contributed by atoms with Crippen molar-refractivity contribution in [3.05, 3.63) is 30.3 Å². The number of ether oxygens (including phenoxy) is 1. The maximum atomic E-state index is 11.4. The fraction of sp³-hybridized carbons (Fsp3) is 0.400. The number of hydrogen-bond acceptors (Lipinski definition) is 3. The molecule has 0 radical (unpaired) electrons. The number of aromatic nitrogens is 2. The first-order valence-corrected chi connectivity index (χ1v) is 4.62. The summed E-state index contributed by atoms with van der Waals surface area (Å²) in [6, 6.07) is 0. The van der Waals surface area contributed by atoms with E-state index in [1.165, 1.54) is 12.3 Å². The Morgan fingerprint density at radius 1 is 1.64 bits per heavy atom. The van der Waals surface area contributed by atoms with Gasteiger partial charge < -0.3 is 4.74 Å². The lowest BCUT2D eigenvalue weighted by Gasteiger charge is -1.92. The minimum atomic E-state index is -0.0850. The molecule has 1 aromatic heterocycles. The van der Waals surface area contributed by atoms with Gasteiger partial charge in [-0.1, -0.05) is 0 Å². The van der Waals surface area contributed by atoms with Crippen molar-refractivity contribution in [1.29, 1.82) is 0 Å². The summed E-state index contributed by atoms with van der Waals surface area (Å²) in [4.78, 5) is 11.4. The topological polar surface area (TPSA) is 44.1 Å². The highest BCUT2D eigenvalue weighted by atomic mass is 16.5. The van der Waals surface area contributed by atoms with Gasteiger partial charge in [-0.15, -0.1) is 0 Å². The van der Waals surface area contributed by atoms with E-state index in [2.05, 4.69) is 5.10 Å². The third-order valence-corrected chi connectivity index (χ3v) is 1.72. The van der Waals surface area contributed by atoms with Crippen LogP contribution in [0.4, 0.5) is 0 Å². The largest absolute Gasteiger partial charge is 0.501 e. The molecular formula is C10H14N2O2. The summed E-state index contributed by atoms with van der Waals surface area (Å²) in [6.45, 7) is 5.17. The van der Waals surface area contributed by atoms with Crippen molar-refractivity contribution in [1.82, 2.24) is 9.78 Å². The van der Waals surface area contributed by atoms with Crippen LogP contribution >= 0.6 is 0 Å².